The highest BCUT2D eigenvalue weighted by atomic mass is 79.9. The number of halogens is 2. The fraction of sp³-hybridized carbons (Fsp3) is 0.333. The zero-order valence-corrected chi connectivity index (χ0v) is 12.9. The van der Waals surface area contributed by atoms with Crippen LogP contribution in [0.5, 0.6) is 0 Å². The predicted octanol–water partition coefficient (Wildman–Crippen LogP) is 3.31. The number of amides is 1. The molecule has 21 heavy (non-hydrogen) atoms. The van der Waals surface area contributed by atoms with Gasteiger partial charge in [0.1, 0.15) is 5.82 Å². The van der Waals surface area contributed by atoms with E-state index in [2.05, 4.69) is 26.2 Å². The molecule has 2 atom stereocenters. The number of hydrogen-bond acceptors (Lipinski definition) is 2. The molecule has 6 heteroatoms. The van der Waals surface area contributed by atoms with Crippen LogP contribution in [0.1, 0.15) is 35.7 Å². The summed E-state index contributed by atoms with van der Waals surface area (Å²) in [5, 5.41) is 2.95. The van der Waals surface area contributed by atoms with E-state index in [4.69, 9.17) is 0 Å². The molecule has 1 heterocycles. The number of nitrogens with zero attached hydrogens (tertiary/aromatic N) is 2. The van der Waals surface area contributed by atoms with Gasteiger partial charge in [0.25, 0.3) is 5.91 Å². The van der Waals surface area contributed by atoms with Crippen molar-refractivity contribution in [2.24, 2.45) is 0 Å². The van der Waals surface area contributed by atoms with Crippen molar-refractivity contribution in [2.75, 3.05) is 0 Å². The van der Waals surface area contributed by atoms with Crippen molar-refractivity contribution in [3.05, 3.63) is 52.8 Å². The molecule has 1 aromatic heterocycles. The summed E-state index contributed by atoms with van der Waals surface area (Å²) in [7, 11) is 0. The van der Waals surface area contributed by atoms with Gasteiger partial charge in [0, 0.05) is 18.4 Å². The molecule has 1 N–H and O–H groups in total. The predicted molar refractivity (Wildman–Crippen MR) is 80.5 cm³/mol. The van der Waals surface area contributed by atoms with Crippen LogP contribution in [-0.4, -0.2) is 21.5 Å². The zero-order valence-electron chi connectivity index (χ0n) is 11.3. The zero-order chi connectivity index (χ0) is 14.8. The van der Waals surface area contributed by atoms with E-state index in [1.165, 1.54) is 6.07 Å². The van der Waals surface area contributed by atoms with Crippen LogP contribution in [0, 0.1) is 5.82 Å². The number of carbonyl (C=O) groups is 1. The molecule has 1 aliphatic carbocycles. The van der Waals surface area contributed by atoms with Crippen molar-refractivity contribution in [2.45, 2.75) is 31.3 Å². The Kier molecular flexibility index (Phi) is 4.05. The lowest BCUT2D eigenvalue weighted by Gasteiger charge is -2.22. The van der Waals surface area contributed by atoms with Gasteiger partial charge in [-0.1, -0.05) is 6.07 Å². The first kappa shape index (κ1) is 14.3. The average Bonchev–Trinajstić information content (AvgIpc) is 3.12. The summed E-state index contributed by atoms with van der Waals surface area (Å²) in [5.41, 5.74) is 0.0701. The first-order chi connectivity index (χ1) is 10.2. The molecule has 1 amide bonds. The summed E-state index contributed by atoms with van der Waals surface area (Å²) in [6.07, 6.45) is 8.30. The van der Waals surface area contributed by atoms with E-state index >= 15 is 0 Å². The summed E-state index contributed by atoms with van der Waals surface area (Å²) < 4.78 is 16.3. The third kappa shape index (κ3) is 2.85. The molecule has 3 rings (SSSR count). The largest absolute Gasteiger partial charge is 0.347 e. The summed E-state index contributed by atoms with van der Waals surface area (Å²) in [6.45, 7) is 0. The molecule has 2 unspecified atom stereocenters. The molecule has 4 nitrogen and oxygen atoms in total. The number of aromatic nitrogens is 2. The van der Waals surface area contributed by atoms with Crippen molar-refractivity contribution in [3.8, 4) is 0 Å². The standard InChI is InChI=1S/C15H15BrFN3O/c16-11-4-1-3-10(14(11)17)15(21)19-12-5-2-6-13(12)20-8-7-18-9-20/h1,3-4,7-9,12-13H,2,5-6H2,(H,19,21). The van der Waals surface area contributed by atoms with E-state index in [0.29, 0.717) is 4.47 Å². The van der Waals surface area contributed by atoms with Crippen molar-refractivity contribution in [1.29, 1.82) is 0 Å². The van der Waals surface area contributed by atoms with Gasteiger partial charge >= 0.3 is 0 Å². The molecule has 0 bridgehead atoms. The topological polar surface area (TPSA) is 46.9 Å². The second-order valence-electron chi connectivity index (χ2n) is 5.19. The number of rotatable bonds is 3. The number of carbonyl (C=O) groups excluding carboxylic acids is 1. The van der Waals surface area contributed by atoms with Gasteiger partial charge in [-0.15, -0.1) is 0 Å². The molecule has 1 aliphatic rings. The molecule has 2 aromatic rings. The molecule has 0 radical (unpaired) electrons. The number of nitrogens with one attached hydrogen (secondary N) is 1. The SMILES string of the molecule is O=C(NC1CCCC1n1ccnc1)c1cccc(Br)c1F. The second kappa shape index (κ2) is 5.97. The first-order valence-electron chi connectivity index (χ1n) is 6.89. The Bertz CT molecular complexity index is 644. The number of imidazole rings is 1. The number of benzene rings is 1. The highest BCUT2D eigenvalue weighted by molar-refractivity contribution is 9.10. The van der Waals surface area contributed by atoms with Gasteiger partial charge in [0.2, 0.25) is 0 Å². The Morgan fingerprint density at radius 2 is 2.29 bits per heavy atom. The van der Waals surface area contributed by atoms with Crippen LogP contribution >= 0.6 is 15.9 Å². The number of hydrogen-bond donors (Lipinski definition) is 1. The maximum atomic E-state index is 14.0. The van der Waals surface area contributed by atoms with Gasteiger partial charge in [0.05, 0.1) is 22.4 Å². The van der Waals surface area contributed by atoms with Crippen molar-refractivity contribution >= 4 is 21.8 Å². The smallest absolute Gasteiger partial charge is 0.254 e. The lowest BCUT2D eigenvalue weighted by atomic mass is 10.1. The maximum Gasteiger partial charge on any atom is 0.254 e. The third-order valence-electron chi connectivity index (χ3n) is 3.90. The minimum atomic E-state index is -0.521. The Morgan fingerprint density at radius 3 is 3.05 bits per heavy atom. The molecular formula is C15H15BrFN3O. The second-order valence-corrected chi connectivity index (χ2v) is 6.04. The summed E-state index contributed by atoms with van der Waals surface area (Å²) in [5.74, 6) is -0.891. The van der Waals surface area contributed by atoms with Gasteiger partial charge < -0.3 is 9.88 Å². The highest BCUT2D eigenvalue weighted by Crippen LogP contribution is 2.30. The quantitative estimate of drug-likeness (QED) is 0.921. The minimum absolute atomic E-state index is 0.00471. The normalized spacial score (nSPS) is 21.4. The van der Waals surface area contributed by atoms with Crippen LogP contribution in [-0.2, 0) is 0 Å². The maximum absolute atomic E-state index is 14.0. The fourth-order valence-electron chi connectivity index (χ4n) is 2.86. The van der Waals surface area contributed by atoms with Gasteiger partial charge in [-0.3, -0.25) is 4.79 Å². The van der Waals surface area contributed by atoms with Crippen molar-refractivity contribution in [1.82, 2.24) is 14.9 Å². The average molecular weight is 352 g/mol. The van der Waals surface area contributed by atoms with Gasteiger partial charge in [0.15, 0.2) is 0 Å². The van der Waals surface area contributed by atoms with E-state index in [9.17, 15) is 9.18 Å². The lowest BCUT2D eigenvalue weighted by molar-refractivity contribution is 0.0924. The molecule has 1 aromatic carbocycles. The van der Waals surface area contributed by atoms with E-state index in [0.717, 1.165) is 19.3 Å². The van der Waals surface area contributed by atoms with E-state index < -0.39 is 5.82 Å². The first-order valence-corrected chi connectivity index (χ1v) is 7.68. The Balaban J connectivity index is 1.76. The van der Waals surface area contributed by atoms with Crippen LogP contribution in [0.25, 0.3) is 0 Å². The van der Waals surface area contributed by atoms with E-state index in [-0.39, 0.29) is 23.6 Å². The molecule has 110 valence electrons. The van der Waals surface area contributed by atoms with Crippen molar-refractivity contribution < 1.29 is 9.18 Å². The molecule has 1 fully saturated rings. The Labute approximate surface area is 130 Å². The Hall–Kier alpha value is -1.69. The van der Waals surface area contributed by atoms with Gasteiger partial charge in [-0.2, -0.15) is 0 Å². The highest BCUT2D eigenvalue weighted by Gasteiger charge is 2.30. The molecule has 1 saturated carbocycles. The van der Waals surface area contributed by atoms with Crippen LogP contribution in [0.4, 0.5) is 4.39 Å². The van der Waals surface area contributed by atoms with Crippen LogP contribution < -0.4 is 5.32 Å². The van der Waals surface area contributed by atoms with Crippen molar-refractivity contribution in [3.63, 3.8) is 0 Å². The fourth-order valence-corrected chi connectivity index (χ4v) is 3.22. The summed E-state index contributed by atoms with van der Waals surface area (Å²) >= 11 is 3.10. The van der Waals surface area contributed by atoms with Crippen LogP contribution in [0.2, 0.25) is 0 Å². The summed E-state index contributed by atoms with van der Waals surface area (Å²) in [4.78, 5) is 16.3. The van der Waals surface area contributed by atoms with Crippen LogP contribution in [0.15, 0.2) is 41.4 Å². The summed E-state index contributed by atoms with van der Waals surface area (Å²) in [6, 6.07) is 4.92. The molecule has 0 spiro atoms. The molecule has 0 aliphatic heterocycles. The van der Waals surface area contributed by atoms with E-state index in [1.54, 1.807) is 24.7 Å². The third-order valence-corrected chi connectivity index (χ3v) is 4.51. The Morgan fingerprint density at radius 1 is 1.43 bits per heavy atom. The van der Waals surface area contributed by atoms with E-state index in [1.807, 2.05) is 10.8 Å². The van der Waals surface area contributed by atoms with Gasteiger partial charge in [-0.05, 0) is 47.3 Å². The van der Waals surface area contributed by atoms with Gasteiger partial charge in [-0.25, -0.2) is 9.37 Å². The minimum Gasteiger partial charge on any atom is -0.347 e. The molecular weight excluding hydrogens is 337 g/mol. The monoisotopic (exact) mass is 351 g/mol. The lowest BCUT2D eigenvalue weighted by Crippen LogP contribution is -2.38. The molecule has 0 saturated heterocycles. The van der Waals surface area contributed by atoms with Crippen LogP contribution in [0.3, 0.4) is 0 Å².